The molecule has 1 aliphatic rings. The normalized spacial score (nSPS) is 18.9. The van der Waals surface area contributed by atoms with E-state index in [-0.39, 0.29) is 11.2 Å². The molecule has 0 spiro atoms. The highest BCUT2D eigenvalue weighted by Gasteiger charge is 2.26. The van der Waals surface area contributed by atoms with Crippen LogP contribution < -0.4 is 5.32 Å². The van der Waals surface area contributed by atoms with Gasteiger partial charge in [0.25, 0.3) is 0 Å². The van der Waals surface area contributed by atoms with Crippen molar-refractivity contribution in [2.24, 2.45) is 0 Å². The number of carbonyl (C=O) groups excluding carboxylic acids is 1. The number of thioether (sulfide) groups is 1. The zero-order chi connectivity index (χ0) is 11.8. The highest BCUT2D eigenvalue weighted by molar-refractivity contribution is 8.01. The molecule has 86 valence electrons. The molecule has 3 rings (SSSR count). The summed E-state index contributed by atoms with van der Waals surface area (Å²) < 4.78 is 0. The van der Waals surface area contributed by atoms with Gasteiger partial charge in [-0.1, -0.05) is 25.1 Å². The van der Waals surface area contributed by atoms with E-state index in [1.54, 1.807) is 11.8 Å². The molecule has 4 heteroatoms. The molecule has 0 bridgehead atoms. The Morgan fingerprint density at radius 3 is 3.06 bits per heavy atom. The third-order valence-corrected chi connectivity index (χ3v) is 4.26. The van der Waals surface area contributed by atoms with Crippen molar-refractivity contribution in [3.8, 4) is 0 Å². The molecule has 1 aromatic carbocycles. The Labute approximate surface area is 104 Å². The Bertz CT molecular complexity index is 597. The van der Waals surface area contributed by atoms with E-state index in [9.17, 15) is 4.79 Å². The van der Waals surface area contributed by atoms with Crippen molar-refractivity contribution in [1.82, 2.24) is 4.98 Å². The summed E-state index contributed by atoms with van der Waals surface area (Å²) in [6.07, 6.45) is 0.836. The fraction of sp³-hybridized carbons (Fsp3) is 0.231. The number of nitrogens with zero attached hydrogens (tertiary/aromatic N) is 1. The summed E-state index contributed by atoms with van der Waals surface area (Å²) in [6.45, 7) is 2.02. The minimum atomic E-state index is 0.00506. The lowest BCUT2D eigenvalue weighted by Crippen LogP contribution is -2.28. The van der Waals surface area contributed by atoms with Gasteiger partial charge in [0.1, 0.15) is 5.82 Å². The molecule has 17 heavy (non-hydrogen) atoms. The highest BCUT2D eigenvalue weighted by atomic mass is 32.2. The number of anilines is 1. The van der Waals surface area contributed by atoms with Crippen LogP contribution in [0.4, 0.5) is 5.82 Å². The lowest BCUT2D eigenvalue weighted by Gasteiger charge is -2.22. The molecule has 1 unspecified atom stereocenters. The van der Waals surface area contributed by atoms with Gasteiger partial charge < -0.3 is 5.32 Å². The van der Waals surface area contributed by atoms with Crippen LogP contribution >= 0.6 is 11.8 Å². The van der Waals surface area contributed by atoms with Crippen LogP contribution in [0.5, 0.6) is 0 Å². The minimum absolute atomic E-state index is 0.00506. The quantitative estimate of drug-likeness (QED) is 0.838. The van der Waals surface area contributed by atoms with Gasteiger partial charge in [-0.25, -0.2) is 4.98 Å². The number of fused-ring (bicyclic) bond motifs is 2. The van der Waals surface area contributed by atoms with E-state index in [0.29, 0.717) is 5.82 Å². The predicted octanol–water partition coefficient (Wildman–Crippen LogP) is 3.06. The molecule has 2 heterocycles. The van der Waals surface area contributed by atoms with Gasteiger partial charge in [0.05, 0.1) is 15.7 Å². The van der Waals surface area contributed by atoms with Crippen molar-refractivity contribution in [1.29, 1.82) is 0 Å². The standard InChI is InChI=1S/C13H12N2OS/c1-2-10-13(16)15-12-11(17-10)7-8-5-3-4-6-9(8)14-12/h3-7,10H,2H2,1H3,(H,14,15,16). The van der Waals surface area contributed by atoms with Crippen LogP contribution in [-0.4, -0.2) is 16.1 Å². The number of hydrogen-bond donors (Lipinski definition) is 1. The SMILES string of the molecule is CCC1Sc2cc3ccccc3nc2NC1=O. The summed E-state index contributed by atoms with van der Waals surface area (Å²) >= 11 is 1.61. The molecule has 1 N–H and O–H groups in total. The van der Waals surface area contributed by atoms with Crippen LogP contribution in [0.25, 0.3) is 10.9 Å². The van der Waals surface area contributed by atoms with Gasteiger partial charge in [0.15, 0.2) is 0 Å². The van der Waals surface area contributed by atoms with Crippen molar-refractivity contribution in [2.75, 3.05) is 5.32 Å². The van der Waals surface area contributed by atoms with E-state index in [1.165, 1.54) is 0 Å². The number of rotatable bonds is 1. The van der Waals surface area contributed by atoms with Crippen LogP contribution in [-0.2, 0) is 4.79 Å². The topological polar surface area (TPSA) is 42.0 Å². The molecular weight excluding hydrogens is 232 g/mol. The minimum Gasteiger partial charge on any atom is -0.309 e. The van der Waals surface area contributed by atoms with Gasteiger partial charge in [0, 0.05) is 5.39 Å². The second-order valence-corrected chi connectivity index (χ2v) is 5.28. The Hall–Kier alpha value is -1.55. The van der Waals surface area contributed by atoms with Crippen molar-refractivity contribution < 1.29 is 4.79 Å². The maximum atomic E-state index is 11.8. The number of hydrogen-bond acceptors (Lipinski definition) is 3. The van der Waals surface area contributed by atoms with Gasteiger partial charge in [-0.3, -0.25) is 4.79 Å². The summed E-state index contributed by atoms with van der Waals surface area (Å²) in [4.78, 5) is 17.3. The van der Waals surface area contributed by atoms with Crippen LogP contribution in [0.1, 0.15) is 13.3 Å². The Morgan fingerprint density at radius 1 is 1.41 bits per heavy atom. The molecule has 1 amide bonds. The lowest BCUT2D eigenvalue weighted by molar-refractivity contribution is -0.115. The Balaban J connectivity index is 2.13. The molecule has 0 aliphatic carbocycles. The second-order valence-electron chi connectivity index (χ2n) is 4.03. The molecule has 3 nitrogen and oxygen atoms in total. The third kappa shape index (κ3) is 1.78. The van der Waals surface area contributed by atoms with Gasteiger partial charge in [-0.05, 0) is 18.6 Å². The predicted molar refractivity (Wildman–Crippen MR) is 70.3 cm³/mol. The molecule has 0 radical (unpaired) electrons. The molecule has 2 aromatic rings. The second kappa shape index (κ2) is 4.04. The molecular formula is C13H12N2OS. The Morgan fingerprint density at radius 2 is 2.24 bits per heavy atom. The van der Waals surface area contributed by atoms with Crippen molar-refractivity contribution in [2.45, 2.75) is 23.5 Å². The van der Waals surface area contributed by atoms with E-state index < -0.39 is 0 Å². The molecule has 1 aliphatic heterocycles. The number of para-hydroxylation sites is 1. The van der Waals surface area contributed by atoms with Gasteiger partial charge >= 0.3 is 0 Å². The highest BCUT2D eigenvalue weighted by Crippen LogP contribution is 2.37. The zero-order valence-corrected chi connectivity index (χ0v) is 10.3. The van der Waals surface area contributed by atoms with Crippen molar-refractivity contribution >= 4 is 34.4 Å². The van der Waals surface area contributed by atoms with E-state index >= 15 is 0 Å². The largest absolute Gasteiger partial charge is 0.309 e. The van der Waals surface area contributed by atoms with Crippen LogP contribution in [0, 0.1) is 0 Å². The molecule has 0 fully saturated rings. The first-order chi connectivity index (χ1) is 8.28. The van der Waals surface area contributed by atoms with E-state index in [0.717, 1.165) is 22.2 Å². The van der Waals surface area contributed by atoms with Crippen molar-refractivity contribution in [3.05, 3.63) is 30.3 Å². The Kier molecular flexibility index (Phi) is 2.52. The van der Waals surface area contributed by atoms with E-state index in [4.69, 9.17) is 0 Å². The number of carbonyl (C=O) groups is 1. The van der Waals surface area contributed by atoms with Crippen LogP contribution in [0.3, 0.4) is 0 Å². The summed E-state index contributed by atoms with van der Waals surface area (Å²) in [5.41, 5.74) is 0.919. The first-order valence-electron chi connectivity index (χ1n) is 5.65. The number of benzene rings is 1. The number of nitrogens with one attached hydrogen (secondary N) is 1. The van der Waals surface area contributed by atoms with Crippen LogP contribution in [0.15, 0.2) is 35.2 Å². The first-order valence-corrected chi connectivity index (χ1v) is 6.53. The number of amides is 1. The number of aromatic nitrogens is 1. The van der Waals surface area contributed by atoms with Crippen molar-refractivity contribution in [3.63, 3.8) is 0 Å². The monoisotopic (exact) mass is 244 g/mol. The fourth-order valence-electron chi connectivity index (χ4n) is 1.95. The maximum absolute atomic E-state index is 11.8. The van der Waals surface area contributed by atoms with Gasteiger partial charge in [-0.2, -0.15) is 0 Å². The van der Waals surface area contributed by atoms with E-state index in [2.05, 4.69) is 16.4 Å². The van der Waals surface area contributed by atoms with Gasteiger partial charge in [-0.15, -0.1) is 11.8 Å². The van der Waals surface area contributed by atoms with E-state index in [1.807, 2.05) is 31.2 Å². The number of pyridine rings is 1. The summed E-state index contributed by atoms with van der Waals surface area (Å²) in [7, 11) is 0. The zero-order valence-electron chi connectivity index (χ0n) is 9.43. The third-order valence-electron chi connectivity index (χ3n) is 2.86. The lowest BCUT2D eigenvalue weighted by atomic mass is 10.2. The summed E-state index contributed by atoms with van der Waals surface area (Å²) in [5, 5.41) is 4.00. The fourth-order valence-corrected chi connectivity index (χ4v) is 2.99. The summed E-state index contributed by atoms with van der Waals surface area (Å²) in [5.74, 6) is 0.760. The summed E-state index contributed by atoms with van der Waals surface area (Å²) in [6, 6.07) is 10.1. The molecule has 0 saturated heterocycles. The maximum Gasteiger partial charge on any atom is 0.239 e. The van der Waals surface area contributed by atoms with Gasteiger partial charge in [0.2, 0.25) is 5.91 Å². The molecule has 1 atom stereocenters. The molecule has 0 saturated carbocycles. The van der Waals surface area contributed by atoms with Crippen LogP contribution in [0.2, 0.25) is 0 Å². The first kappa shape index (κ1) is 10.6. The smallest absolute Gasteiger partial charge is 0.239 e. The molecule has 1 aromatic heterocycles. The average molecular weight is 244 g/mol. The average Bonchev–Trinajstić information content (AvgIpc) is 2.35.